The first-order valence-electron chi connectivity index (χ1n) is 17.6. The molecule has 4 aromatic rings. The number of phenols is 2. The Morgan fingerprint density at radius 2 is 1.47 bits per heavy atom. The minimum Gasteiger partial charge on any atom is -0.507 e. The van der Waals surface area contributed by atoms with E-state index in [1.807, 2.05) is 31.2 Å². The molecular weight excluding hydrogens is 603 g/mol. The number of para-hydroxylation sites is 1. The minimum absolute atomic E-state index is 0.138. The smallest absolute Gasteiger partial charge is 0.133 e. The third kappa shape index (κ3) is 5.48. The molecule has 2 aromatic heterocycles. The van der Waals surface area contributed by atoms with Crippen LogP contribution in [0.4, 0.5) is 0 Å². The van der Waals surface area contributed by atoms with E-state index in [4.69, 9.17) is 10.1 Å². The van der Waals surface area contributed by atoms with Gasteiger partial charge in [-0.15, -0.1) is 11.3 Å². The maximum Gasteiger partial charge on any atom is 0.133 e. The molecule has 4 aliphatic rings. The highest BCUT2D eigenvalue weighted by molar-refractivity contribution is 7.21. The van der Waals surface area contributed by atoms with Crippen LogP contribution in [0.1, 0.15) is 96.9 Å². The maximum atomic E-state index is 12.2. The first-order valence-corrected chi connectivity index (χ1v) is 18.4. The van der Waals surface area contributed by atoms with Crippen molar-refractivity contribution in [3.63, 3.8) is 0 Å². The Morgan fingerprint density at radius 3 is 2.11 bits per heavy atom. The van der Waals surface area contributed by atoms with E-state index in [9.17, 15) is 10.2 Å². The van der Waals surface area contributed by atoms with Crippen molar-refractivity contribution in [3.05, 3.63) is 47.2 Å². The Hall–Kier alpha value is -2.94. The van der Waals surface area contributed by atoms with Crippen molar-refractivity contribution in [2.75, 3.05) is 13.1 Å². The van der Waals surface area contributed by atoms with Crippen LogP contribution in [0.2, 0.25) is 0 Å². The van der Waals surface area contributed by atoms with Crippen molar-refractivity contribution >= 4 is 21.6 Å². The average molecular weight is 654 g/mol. The van der Waals surface area contributed by atoms with Crippen LogP contribution in [0, 0.1) is 28.6 Å². The van der Waals surface area contributed by atoms with Crippen LogP contribution < -0.4 is 0 Å². The highest BCUT2D eigenvalue weighted by atomic mass is 32.1. The summed E-state index contributed by atoms with van der Waals surface area (Å²) in [5.41, 5.74) is 6.84. The number of aromatic amines is 1. The zero-order valence-electron chi connectivity index (χ0n) is 29.2. The molecule has 0 radical (unpaired) electrons. The average Bonchev–Trinajstić information content (AvgIpc) is 3.67. The summed E-state index contributed by atoms with van der Waals surface area (Å²) in [7, 11) is 0. The van der Waals surface area contributed by atoms with Crippen molar-refractivity contribution in [1.82, 2.24) is 25.0 Å². The molecule has 0 amide bonds. The summed E-state index contributed by atoms with van der Waals surface area (Å²) in [5, 5.41) is 33.2. The van der Waals surface area contributed by atoms with Crippen LogP contribution in [-0.2, 0) is 13.1 Å². The number of hydrogen-bond donors (Lipinski definition) is 3. The molecule has 2 saturated heterocycles. The third-order valence-electron chi connectivity index (χ3n) is 11.9. The summed E-state index contributed by atoms with van der Waals surface area (Å²) >= 11 is 1.65. The van der Waals surface area contributed by atoms with Gasteiger partial charge >= 0.3 is 0 Å². The molecule has 4 bridgehead atoms. The Balaban J connectivity index is 1.23. The second-order valence-electron chi connectivity index (χ2n) is 18.1. The lowest BCUT2D eigenvalue weighted by Crippen LogP contribution is -2.34. The molecule has 8 rings (SSSR count). The van der Waals surface area contributed by atoms with Gasteiger partial charge < -0.3 is 10.2 Å². The molecule has 2 saturated carbocycles. The normalized spacial score (nSPS) is 30.0. The molecule has 2 aliphatic carbocycles. The first kappa shape index (κ1) is 31.3. The SMILES string of the molecule is Cc1[nH]nc(-c2cc(CN3C[C@]4(C)C[C@@H]3CC(C)(C)C4)c(O)c(CN3C[C@@]4(C)C[C@@H]3CC(C)(C)C4)c2O)c1-c1nc2ccccc2s1. The first-order chi connectivity index (χ1) is 22.1. The molecule has 2 aromatic carbocycles. The summed E-state index contributed by atoms with van der Waals surface area (Å²) in [6.07, 6.45) is 7.13. The molecule has 4 atom stereocenters. The van der Waals surface area contributed by atoms with Gasteiger partial charge in [0, 0.05) is 55.1 Å². The van der Waals surface area contributed by atoms with Gasteiger partial charge in [-0.3, -0.25) is 14.9 Å². The van der Waals surface area contributed by atoms with Crippen molar-refractivity contribution < 1.29 is 10.2 Å². The summed E-state index contributed by atoms with van der Waals surface area (Å²) in [4.78, 5) is 10.1. The van der Waals surface area contributed by atoms with Crippen LogP contribution in [-0.4, -0.2) is 60.4 Å². The molecule has 7 nitrogen and oxygen atoms in total. The van der Waals surface area contributed by atoms with Gasteiger partial charge in [0.25, 0.3) is 0 Å². The monoisotopic (exact) mass is 653 g/mol. The molecule has 3 N–H and O–H groups in total. The number of nitrogens with zero attached hydrogens (tertiary/aromatic N) is 4. The molecule has 4 fully saturated rings. The van der Waals surface area contributed by atoms with E-state index in [1.165, 1.54) is 32.1 Å². The molecule has 250 valence electrons. The number of rotatable bonds is 6. The number of likely N-dealkylation sites (tertiary alicyclic amines) is 2. The summed E-state index contributed by atoms with van der Waals surface area (Å²) in [6, 6.07) is 11.2. The number of fused-ring (bicyclic) bond motifs is 5. The number of aromatic hydroxyl groups is 2. The van der Waals surface area contributed by atoms with Crippen molar-refractivity contribution in [2.24, 2.45) is 21.7 Å². The van der Waals surface area contributed by atoms with E-state index in [2.05, 4.69) is 62.5 Å². The predicted molar refractivity (Wildman–Crippen MR) is 191 cm³/mol. The number of aryl methyl sites for hydroxylation is 1. The van der Waals surface area contributed by atoms with Gasteiger partial charge in [-0.25, -0.2) is 4.98 Å². The number of hydrogen-bond acceptors (Lipinski definition) is 7. The summed E-state index contributed by atoms with van der Waals surface area (Å²) < 4.78 is 1.12. The van der Waals surface area contributed by atoms with E-state index in [1.54, 1.807) is 11.3 Å². The largest absolute Gasteiger partial charge is 0.507 e. The lowest BCUT2D eigenvalue weighted by molar-refractivity contribution is 0.126. The van der Waals surface area contributed by atoms with Crippen molar-refractivity contribution in [3.8, 4) is 33.3 Å². The zero-order chi connectivity index (χ0) is 33.1. The van der Waals surface area contributed by atoms with Gasteiger partial charge in [-0.1, -0.05) is 53.7 Å². The third-order valence-corrected chi connectivity index (χ3v) is 13.0. The van der Waals surface area contributed by atoms with E-state index in [-0.39, 0.29) is 16.9 Å². The number of H-pyrrole nitrogens is 1. The Morgan fingerprint density at radius 1 is 0.851 bits per heavy atom. The quantitative estimate of drug-likeness (QED) is 0.193. The Bertz CT molecular complexity index is 1840. The molecule has 0 unspecified atom stereocenters. The fourth-order valence-electron chi connectivity index (χ4n) is 11.0. The highest BCUT2D eigenvalue weighted by Crippen LogP contribution is 2.55. The lowest BCUT2D eigenvalue weighted by atomic mass is 9.65. The Labute approximate surface area is 283 Å². The number of phenolic OH excluding ortho intramolecular Hbond substituents is 2. The highest BCUT2D eigenvalue weighted by Gasteiger charge is 2.51. The van der Waals surface area contributed by atoms with Gasteiger partial charge in [0.05, 0.1) is 21.3 Å². The molecule has 8 heteroatoms. The van der Waals surface area contributed by atoms with Crippen LogP contribution in [0.15, 0.2) is 30.3 Å². The van der Waals surface area contributed by atoms with Crippen molar-refractivity contribution in [1.29, 1.82) is 0 Å². The molecule has 0 spiro atoms. The number of thiazole rings is 1. The van der Waals surface area contributed by atoms with Crippen LogP contribution in [0.3, 0.4) is 0 Å². The number of aromatic nitrogens is 3. The topological polar surface area (TPSA) is 88.5 Å². The van der Waals surface area contributed by atoms with Gasteiger partial charge in [0.1, 0.15) is 22.2 Å². The molecular formula is C39H51N5O2S. The zero-order valence-corrected chi connectivity index (χ0v) is 30.0. The summed E-state index contributed by atoms with van der Waals surface area (Å²) in [5.74, 6) is 0.385. The predicted octanol–water partition coefficient (Wildman–Crippen LogP) is 8.87. The van der Waals surface area contributed by atoms with E-state index in [0.29, 0.717) is 58.2 Å². The van der Waals surface area contributed by atoms with Gasteiger partial charge in [0.15, 0.2) is 0 Å². The van der Waals surface area contributed by atoms with E-state index in [0.717, 1.165) is 51.6 Å². The number of nitrogens with one attached hydrogen (secondary N) is 1. The second-order valence-corrected chi connectivity index (χ2v) is 19.1. The van der Waals surface area contributed by atoms with Gasteiger partial charge in [0.2, 0.25) is 0 Å². The minimum atomic E-state index is 0.138. The van der Waals surface area contributed by atoms with Crippen LogP contribution in [0.25, 0.3) is 32.0 Å². The molecule has 2 aliphatic heterocycles. The molecule has 4 heterocycles. The van der Waals surface area contributed by atoms with Crippen LogP contribution in [0.5, 0.6) is 11.5 Å². The van der Waals surface area contributed by atoms with Gasteiger partial charge in [-0.2, -0.15) is 5.10 Å². The van der Waals surface area contributed by atoms with E-state index >= 15 is 0 Å². The second kappa shape index (κ2) is 10.5. The van der Waals surface area contributed by atoms with Gasteiger partial charge in [-0.05, 0) is 85.3 Å². The van der Waals surface area contributed by atoms with Crippen LogP contribution >= 0.6 is 11.3 Å². The Kier molecular flexibility index (Phi) is 7.02. The number of benzene rings is 2. The molecule has 47 heavy (non-hydrogen) atoms. The fourth-order valence-corrected chi connectivity index (χ4v) is 12.1. The maximum absolute atomic E-state index is 12.2. The van der Waals surface area contributed by atoms with Crippen molar-refractivity contribution in [2.45, 2.75) is 112 Å². The summed E-state index contributed by atoms with van der Waals surface area (Å²) in [6.45, 7) is 19.7. The fraction of sp³-hybridized carbons (Fsp3) is 0.590. The standard InChI is InChI=1S/C39H51N5O2S/c1-23-31(35-40-29-10-8-9-11-30(29)47-35)32(42-41-23)27-12-24(17-43-21-38(6)15-25(43)13-36(2,3)19-38)33(45)28(34(27)46)18-44-22-39(7)16-26(44)14-37(4,5)20-39/h8-12,25-26,45-46H,13-22H2,1-7H3,(H,41,42)/t25-,26-,38+,39-/m0/s1. The van der Waals surface area contributed by atoms with E-state index < -0.39 is 0 Å². The lowest BCUT2D eigenvalue weighted by Gasteiger charge is -2.40.